The third-order valence-electron chi connectivity index (χ3n) is 5.71. The Morgan fingerprint density at radius 2 is 2.24 bits per heavy atom. The minimum Gasteiger partial charge on any atom is -0.593 e. The van der Waals surface area contributed by atoms with Crippen molar-refractivity contribution in [3.05, 3.63) is 64.4 Å². The van der Waals surface area contributed by atoms with Crippen molar-refractivity contribution in [3.8, 4) is 16.6 Å². The number of aromatic nitrogens is 1. The number of thiazole rings is 1. The van der Waals surface area contributed by atoms with Crippen LogP contribution in [0.1, 0.15) is 33.6 Å². The fraction of sp³-hybridized carbons (Fsp3) is 0.217. The number of nitrogens with one attached hydrogen (secondary N) is 2. The number of nitrogens with zero attached hydrogens (tertiary/aromatic N) is 3. The van der Waals surface area contributed by atoms with Gasteiger partial charge in [0, 0.05) is 28.7 Å². The van der Waals surface area contributed by atoms with Crippen LogP contribution in [0.15, 0.2) is 47.5 Å². The Morgan fingerprint density at radius 3 is 3.03 bits per heavy atom. The van der Waals surface area contributed by atoms with Crippen molar-refractivity contribution in [1.82, 2.24) is 14.6 Å². The van der Waals surface area contributed by atoms with Crippen LogP contribution in [0, 0.1) is 17.1 Å². The first kappa shape index (κ1) is 22.5. The molecule has 0 spiro atoms. The number of fused-ring (bicyclic) bond motifs is 2. The third-order valence-corrected chi connectivity index (χ3v) is 8.34. The molecule has 34 heavy (non-hydrogen) atoms. The lowest BCUT2D eigenvalue weighted by molar-refractivity contribution is -0.119. The van der Waals surface area contributed by atoms with Crippen LogP contribution >= 0.6 is 11.3 Å². The molecule has 3 heterocycles. The topological polar surface area (TPSA) is 121 Å². The van der Waals surface area contributed by atoms with Crippen LogP contribution in [-0.2, 0) is 22.7 Å². The molecule has 1 saturated heterocycles. The first-order valence-corrected chi connectivity index (χ1v) is 12.4. The Morgan fingerprint density at radius 1 is 1.38 bits per heavy atom. The van der Waals surface area contributed by atoms with Gasteiger partial charge in [-0.05, 0) is 49.2 Å². The summed E-state index contributed by atoms with van der Waals surface area (Å²) in [6, 6.07) is 10.4. The van der Waals surface area contributed by atoms with Gasteiger partial charge in [0.1, 0.15) is 16.9 Å². The molecule has 2 amide bonds. The predicted octanol–water partition coefficient (Wildman–Crippen LogP) is 3.19. The van der Waals surface area contributed by atoms with Crippen molar-refractivity contribution in [2.45, 2.75) is 30.3 Å². The lowest BCUT2D eigenvalue weighted by atomic mass is 10.1. The number of carbonyl (C=O) groups is 2. The zero-order chi connectivity index (χ0) is 23.8. The maximum Gasteiger partial charge on any atom is 0.251 e. The lowest BCUT2D eigenvalue weighted by Gasteiger charge is -2.21. The molecule has 0 aliphatic carbocycles. The van der Waals surface area contributed by atoms with Gasteiger partial charge in [-0.2, -0.15) is 5.26 Å². The molecule has 1 fully saturated rings. The molecular formula is C23H18FN5O3S2. The summed E-state index contributed by atoms with van der Waals surface area (Å²) in [7, 11) is 0. The Hall–Kier alpha value is -3.30. The van der Waals surface area contributed by atoms with Gasteiger partial charge in [-0.15, -0.1) is 15.6 Å². The number of rotatable bonds is 4. The molecule has 2 aliphatic rings. The van der Waals surface area contributed by atoms with Gasteiger partial charge in [0.2, 0.25) is 5.91 Å². The van der Waals surface area contributed by atoms with Gasteiger partial charge in [-0.25, -0.2) is 9.37 Å². The normalized spacial score (nSPS) is 19.5. The first-order valence-electron chi connectivity index (χ1n) is 10.5. The van der Waals surface area contributed by atoms with E-state index >= 15 is 0 Å². The standard InChI is InChI=1S/C23H18FN5O3S2/c24-17-8-13(10-25)3-5-16(17)23-27-12-15(33-23)11-26-21(30)14-4-6-20-18(9-14)28-22(31)19-2-1-7-29(19)34(20)32/h3-6,8-9,12,19H,1-2,7,11H2,(H,26,30)(H,28,31). The summed E-state index contributed by atoms with van der Waals surface area (Å²) in [6.45, 7) is 0.773. The number of hydrogen-bond acceptors (Lipinski definition) is 7. The van der Waals surface area contributed by atoms with Gasteiger partial charge in [0.25, 0.3) is 5.91 Å². The SMILES string of the molecule is N#Cc1ccc(-c2ncc(CNC(=O)c3ccc4c(c3)NC(=O)C3CCCN3[S+]4[O-])s2)c(F)c1. The molecule has 3 aromatic rings. The van der Waals surface area contributed by atoms with Crippen molar-refractivity contribution in [2.75, 3.05) is 11.9 Å². The van der Waals surface area contributed by atoms with Crippen molar-refractivity contribution in [2.24, 2.45) is 0 Å². The Kier molecular flexibility index (Phi) is 6.05. The summed E-state index contributed by atoms with van der Waals surface area (Å²) in [5.41, 5.74) is 1.21. The van der Waals surface area contributed by atoms with Crippen LogP contribution in [-0.4, -0.2) is 38.2 Å². The second kappa shape index (κ2) is 9.15. The highest BCUT2D eigenvalue weighted by atomic mass is 32.2. The second-order valence-electron chi connectivity index (χ2n) is 7.87. The summed E-state index contributed by atoms with van der Waals surface area (Å²) in [5.74, 6) is -1.12. The minimum absolute atomic E-state index is 0.180. The molecular weight excluding hydrogens is 477 g/mol. The van der Waals surface area contributed by atoms with E-state index in [9.17, 15) is 18.5 Å². The third kappa shape index (κ3) is 4.17. The summed E-state index contributed by atoms with van der Waals surface area (Å²) < 4.78 is 28.9. The highest BCUT2D eigenvalue weighted by Gasteiger charge is 2.43. The monoisotopic (exact) mass is 495 g/mol. The quantitative estimate of drug-likeness (QED) is 0.536. The van der Waals surface area contributed by atoms with Gasteiger partial charge in [0.05, 0.1) is 35.2 Å². The second-order valence-corrected chi connectivity index (χ2v) is 10.4. The molecule has 2 N–H and O–H groups in total. The van der Waals surface area contributed by atoms with Gasteiger partial charge in [-0.3, -0.25) is 9.59 Å². The lowest BCUT2D eigenvalue weighted by Crippen LogP contribution is -2.40. The number of halogens is 1. The number of anilines is 1. The molecule has 172 valence electrons. The molecule has 1 aromatic heterocycles. The van der Waals surface area contributed by atoms with E-state index < -0.39 is 23.2 Å². The summed E-state index contributed by atoms with van der Waals surface area (Å²) in [5, 5.41) is 14.9. The zero-order valence-corrected chi connectivity index (χ0v) is 19.3. The molecule has 0 bridgehead atoms. The van der Waals surface area contributed by atoms with E-state index in [2.05, 4.69) is 15.6 Å². The summed E-state index contributed by atoms with van der Waals surface area (Å²) in [4.78, 5) is 30.7. The average molecular weight is 496 g/mol. The van der Waals surface area contributed by atoms with Gasteiger partial charge in [0.15, 0.2) is 4.90 Å². The van der Waals surface area contributed by atoms with Crippen molar-refractivity contribution >= 4 is 40.2 Å². The minimum atomic E-state index is -1.47. The fourth-order valence-corrected chi connectivity index (χ4v) is 6.35. The van der Waals surface area contributed by atoms with Crippen LogP contribution in [0.25, 0.3) is 10.6 Å². The average Bonchev–Trinajstić information content (AvgIpc) is 3.50. The van der Waals surface area contributed by atoms with Crippen LogP contribution in [0.2, 0.25) is 0 Å². The molecule has 2 aliphatic heterocycles. The van der Waals surface area contributed by atoms with E-state index in [1.165, 1.54) is 29.5 Å². The Balaban J connectivity index is 1.29. The highest BCUT2D eigenvalue weighted by Crippen LogP contribution is 2.35. The Bertz CT molecular complexity index is 1340. The maximum atomic E-state index is 14.3. The predicted molar refractivity (Wildman–Crippen MR) is 125 cm³/mol. The fourth-order valence-electron chi connectivity index (χ4n) is 4.01. The smallest absolute Gasteiger partial charge is 0.251 e. The number of carbonyl (C=O) groups excluding carboxylic acids is 2. The van der Waals surface area contributed by atoms with Crippen molar-refractivity contribution in [1.29, 1.82) is 5.26 Å². The molecule has 11 heteroatoms. The van der Waals surface area contributed by atoms with Crippen molar-refractivity contribution in [3.63, 3.8) is 0 Å². The molecule has 2 aromatic carbocycles. The first-order chi connectivity index (χ1) is 16.4. The number of benzene rings is 2. The van der Waals surface area contributed by atoms with Crippen LogP contribution in [0.3, 0.4) is 0 Å². The van der Waals surface area contributed by atoms with Gasteiger partial charge < -0.3 is 15.2 Å². The number of nitriles is 1. The largest absolute Gasteiger partial charge is 0.593 e. The molecule has 0 saturated carbocycles. The molecule has 2 unspecified atom stereocenters. The number of amides is 2. The van der Waals surface area contributed by atoms with E-state index in [4.69, 9.17) is 5.26 Å². The highest BCUT2D eigenvalue weighted by molar-refractivity contribution is 7.89. The summed E-state index contributed by atoms with van der Waals surface area (Å²) in [6.07, 6.45) is 3.03. The van der Waals surface area contributed by atoms with Crippen LogP contribution in [0.5, 0.6) is 0 Å². The zero-order valence-electron chi connectivity index (χ0n) is 17.7. The van der Waals surface area contributed by atoms with Gasteiger partial charge in [-0.1, -0.05) is 0 Å². The molecule has 2 atom stereocenters. The molecule has 0 radical (unpaired) electrons. The van der Waals surface area contributed by atoms with Crippen molar-refractivity contribution < 1.29 is 18.5 Å². The van der Waals surface area contributed by atoms with Crippen LogP contribution in [0.4, 0.5) is 10.1 Å². The van der Waals surface area contributed by atoms with E-state index in [0.29, 0.717) is 34.1 Å². The van der Waals surface area contributed by atoms with E-state index in [0.717, 1.165) is 17.4 Å². The van der Waals surface area contributed by atoms with E-state index in [-0.39, 0.29) is 29.5 Å². The van der Waals surface area contributed by atoms with E-state index in [1.54, 1.807) is 22.6 Å². The Labute approximate surface area is 201 Å². The molecule has 8 nitrogen and oxygen atoms in total. The van der Waals surface area contributed by atoms with Crippen LogP contribution < -0.4 is 10.6 Å². The number of hydrogen-bond donors (Lipinski definition) is 2. The van der Waals surface area contributed by atoms with Gasteiger partial charge >= 0.3 is 0 Å². The summed E-state index contributed by atoms with van der Waals surface area (Å²) >= 11 is -0.235. The van der Waals surface area contributed by atoms with E-state index in [1.807, 2.05) is 6.07 Å². The molecule has 5 rings (SSSR count). The maximum absolute atomic E-state index is 14.3.